The summed E-state index contributed by atoms with van der Waals surface area (Å²) in [6, 6.07) is 10.0. The van der Waals surface area contributed by atoms with Crippen molar-refractivity contribution in [2.24, 2.45) is 5.92 Å². The molecule has 0 heterocycles. The molecule has 0 radical (unpaired) electrons. The number of amides is 1. The van der Waals surface area contributed by atoms with Crippen molar-refractivity contribution in [1.82, 2.24) is 5.32 Å². The quantitative estimate of drug-likeness (QED) is 0.813. The third kappa shape index (κ3) is 3.91. The van der Waals surface area contributed by atoms with Gasteiger partial charge >= 0.3 is 0 Å². The van der Waals surface area contributed by atoms with E-state index >= 15 is 0 Å². The molecule has 0 spiro atoms. The van der Waals surface area contributed by atoms with Gasteiger partial charge in [-0.1, -0.05) is 62.2 Å². The predicted octanol–water partition coefficient (Wildman–Crippen LogP) is 3.27. The normalized spacial score (nSPS) is 12.5. The van der Waals surface area contributed by atoms with Crippen LogP contribution in [0.15, 0.2) is 30.3 Å². The van der Waals surface area contributed by atoms with Gasteiger partial charge in [-0.15, -0.1) is 0 Å². The maximum Gasteiger partial charge on any atom is 0.225 e. The molecule has 1 rings (SSSR count). The zero-order valence-corrected chi connectivity index (χ0v) is 12.3. The fourth-order valence-electron chi connectivity index (χ4n) is 1.34. The molecule has 0 unspecified atom stereocenters. The Morgan fingerprint density at radius 1 is 1.25 bits per heavy atom. The first-order valence-electron chi connectivity index (χ1n) is 5.16. The molecule has 1 N–H and O–H groups in total. The standard InChI is InChI=1S/C12H15Br2NO/c1-9(10-5-3-2-4-6-10)15-12(16)11(7-13)8-14/h2-6,9,11H,7-8H2,1H3,(H,15,16)/t9-/m1/s1. The lowest BCUT2D eigenvalue weighted by atomic mass is 10.1. The second-order valence-electron chi connectivity index (χ2n) is 3.65. The summed E-state index contributed by atoms with van der Waals surface area (Å²) in [6.07, 6.45) is 0. The molecule has 1 atom stereocenters. The maximum absolute atomic E-state index is 11.8. The van der Waals surface area contributed by atoms with Crippen LogP contribution in [0.5, 0.6) is 0 Å². The van der Waals surface area contributed by atoms with E-state index in [0.29, 0.717) is 10.7 Å². The molecule has 1 amide bonds. The lowest BCUT2D eigenvalue weighted by molar-refractivity contribution is -0.124. The third-order valence-electron chi connectivity index (χ3n) is 2.40. The first-order chi connectivity index (χ1) is 7.69. The summed E-state index contributed by atoms with van der Waals surface area (Å²) in [4.78, 5) is 11.8. The van der Waals surface area contributed by atoms with Gasteiger partial charge in [0.2, 0.25) is 5.91 Å². The molecule has 0 bridgehead atoms. The van der Waals surface area contributed by atoms with E-state index in [-0.39, 0.29) is 17.9 Å². The largest absolute Gasteiger partial charge is 0.349 e. The van der Waals surface area contributed by atoms with E-state index < -0.39 is 0 Å². The summed E-state index contributed by atoms with van der Waals surface area (Å²) >= 11 is 6.66. The van der Waals surface area contributed by atoms with Gasteiger partial charge in [0, 0.05) is 10.7 Å². The van der Waals surface area contributed by atoms with Crippen LogP contribution in [0.25, 0.3) is 0 Å². The van der Waals surface area contributed by atoms with Crippen molar-refractivity contribution in [1.29, 1.82) is 0 Å². The fraction of sp³-hybridized carbons (Fsp3) is 0.417. The molecule has 0 aliphatic rings. The number of carbonyl (C=O) groups excluding carboxylic acids is 1. The number of carbonyl (C=O) groups is 1. The van der Waals surface area contributed by atoms with E-state index in [0.717, 1.165) is 5.56 Å². The average molecular weight is 349 g/mol. The molecule has 0 aromatic heterocycles. The Kier molecular flexibility index (Phi) is 6.06. The van der Waals surface area contributed by atoms with Crippen LogP contribution in [-0.4, -0.2) is 16.6 Å². The summed E-state index contributed by atoms with van der Waals surface area (Å²) in [5.74, 6) is 0.0521. The van der Waals surface area contributed by atoms with Gasteiger partial charge in [-0.05, 0) is 12.5 Å². The highest BCUT2D eigenvalue weighted by atomic mass is 79.9. The molecule has 0 aliphatic carbocycles. The van der Waals surface area contributed by atoms with E-state index in [1.54, 1.807) is 0 Å². The fourth-order valence-corrected chi connectivity index (χ4v) is 3.00. The molecular weight excluding hydrogens is 334 g/mol. The van der Waals surface area contributed by atoms with Crippen molar-refractivity contribution < 1.29 is 4.79 Å². The Balaban J connectivity index is 2.58. The summed E-state index contributed by atoms with van der Waals surface area (Å²) in [6.45, 7) is 1.99. The minimum absolute atomic E-state index is 0.0221. The van der Waals surface area contributed by atoms with Crippen LogP contribution < -0.4 is 5.32 Å². The van der Waals surface area contributed by atoms with Gasteiger partial charge in [0.25, 0.3) is 0 Å². The molecule has 1 aromatic carbocycles. The Morgan fingerprint density at radius 3 is 2.31 bits per heavy atom. The molecule has 16 heavy (non-hydrogen) atoms. The van der Waals surface area contributed by atoms with Crippen LogP contribution in [0, 0.1) is 5.92 Å². The van der Waals surface area contributed by atoms with Crippen LogP contribution in [0.2, 0.25) is 0 Å². The monoisotopic (exact) mass is 347 g/mol. The van der Waals surface area contributed by atoms with Crippen molar-refractivity contribution in [3.63, 3.8) is 0 Å². The van der Waals surface area contributed by atoms with Crippen molar-refractivity contribution in [2.45, 2.75) is 13.0 Å². The Morgan fingerprint density at radius 2 is 1.81 bits per heavy atom. The lowest BCUT2D eigenvalue weighted by Gasteiger charge is -2.17. The van der Waals surface area contributed by atoms with Crippen molar-refractivity contribution in [3.05, 3.63) is 35.9 Å². The van der Waals surface area contributed by atoms with Crippen molar-refractivity contribution in [3.8, 4) is 0 Å². The van der Waals surface area contributed by atoms with Crippen molar-refractivity contribution in [2.75, 3.05) is 10.7 Å². The Bertz CT molecular complexity index is 325. The van der Waals surface area contributed by atoms with Crippen LogP contribution in [0.3, 0.4) is 0 Å². The lowest BCUT2D eigenvalue weighted by Crippen LogP contribution is -2.34. The highest BCUT2D eigenvalue weighted by molar-refractivity contribution is 9.09. The van der Waals surface area contributed by atoms with Gasteiger partial charge in [-0.25, -0.2) is 0 Å². The van der Waals surface area contributed by atoms with Crippen molar-refractivity contribution >= 4 is 37.8 Å². The summed E-state index contributed by atoms with van der Waals surface area (Å²) in [5.41, 5.74) is 1.12. The molecule has 0 saturated carbocycles. The van der Waals surface area contributed by atoms with Gasteiger partial charge in [-0.3, -0.25) is 4.79 Å². The van der Waals surface area contributed by atoms with Gasteiger partial charge in [-0.2, -0.15) is 0 Å². The van der Waals surface area contributed by atoms with Crippen LogP contribution in [0.4, 0.5) is 0 Å². The smallest absolute Gasteiger partial charge is 0.225 e. The van der Waals surface area contributed by atoms with Gasteiger partial charge in [0.05, 0.1) is 12.0 Å². The number of hydrogen-bond donors (Lipinski definition) is 1. The van der Waals surface area contributed by atoms with E-state index in [1.165, 1.54) is 0 Å². The molecule has 0 fully saturated rings. The SMILES string of the molecule is C[C@@H](NC(=O)C(CBr)CBr)c1ccccc1. The molecule has 0 aliphatic heterocycles. The highest BCUT2D eigenvalue weighted by Crippen LogP contribution is 2.13. The van der Waals surface area contributed by atoms with Crippen LogP contribution in [-0.2, 0) is 4.79 Å². The van der Waals surface area contributed by atoms with Gasteiger partial charge in [0.1, 0.15) is 0 Å². The Hall–Kier alpha value is -0.350. The third-order valence-corrected chi connectivity index (χ3v) is 3.96. The van der Waals surface area contributed by atoms with Crippen LogP contribution in [0.1, 0.15) is 18.5 Å². The van der Waals surface area contributed by atoms with Gasteiger partial charge < -0.3 is 5.32 Å². The molecule has 2 nitrogen and oxygen atoms in total. The zero-order chi connectivity index (χ0) is 12.0. The summed E-state index contributed by atoms with van der Waals surface area (Å²) < 4.78 is 0. The van der Waals surface area contributed by atoms with Gasteiger partial charge in [0.15, 0.2) is 0 Å². The molecule has 1 aromatic rings. The number of nitrogens with one attached hydrogen (secondary N) is 1. The summed E-state index contributed by atoms with van der Waals surface area (Å²) in [5, 5.41) is 4.34. The number of halogens is 2. The second kappa shape index (κ2) is 7.07. The van der Waals surface area contributed by atoms with E-state index in [2.05, 4.69) is 37.2 Å². The minimum Gasteiger partial charge on any atom is -0.349 e. The Labute approximate surface area is 113 Å². The highest BCUT2D eigenvalue weighted by Gasteiger charge is 2.17. The predicted molar refractivity (Wildman–Crippen MR) is 74.1 cm³/mol. The number of hydrogen-bond acceptors (Lipinski definition) is 1. The maximum atomic E-state index is 11.8. The molecular formula is C12H15Br2NO. The number of benzene rings is 1. The van der Waals surface area contributed by atoms with E-state index in [1.807, 2.05) is 37.3 Å². The first-order valence-corrected chi connectivity index (χ1v) is 7.40. The minimum atomic E-state index is -0.0221. The van der Waals surface area contributed by atoms with E-state index in [4.69, 9.17) is 0 Å². The number of alkyl halides is 2. The number of rotatable bonds is 5. The average Bonchev–Trinajstić information content (AvgIpc) is 2.31. The van der Waals surface area contributed by atoms with E-state index in [9.17, 15) is 4.79 Å². The second-order valence-corrected chi connectivity index (χ2v) is 4.94. The summed E-state index contributed by atoms with van der Waals surface area (Å²) in [7, 11) is 0. The molecule has 4 heteroatoms. The molecule has 88 valence electrons. The zero-order valence-electron chi connectivity index (χ0n) is 9.12. The first kappa shape index (κ1) is 13.7. The van der Waals surface area contributed by atoms with Crippen LogP contribution >= 0.6 is 31.9 Å². The topological polar surface area (TPSA) is 29.1 Å². The molecule has 0 saturated heterocycles.